The Bertz CT molecular complexity index is 364. The van der Waals surface area contributed by atoms with E-state index in [1.807, 2.05) is 12.1 Å². The molecule has 1 aromatic heterocycles. The molecule has 0 saturated heterocycles. The summed E-state index contributed by atoms with van der Waals surface area (Å²) in [6, 6.07) is 5.87. The third-order valence-corrected chi connectivity index (χ3v) is 4.08. The lowest BCUT2D eigenvalue weighted by Crippen LogP contribution is -2.08. The van der Waals surface area contributed by atoms with Crippen LogP contribution in [-0.2, 0) is 0 Å². The summed E-state index contributed by atoms with van der Waals surface area (Å²) >= 11 is 1.78. The van der Waals surface area contributed by atoms with Crippen LogP contribution in [0.3, 0.4) is 0 Å². The second-order valence-electron chi connectivity index (χ2n) is 3.85. The van der Waals surface area contributed by atoms with Gasteiger partial charge in [0.05, 0.1) is 5.56 Å². The number of nitrogens with zero attached hydrogens (tertiary/aromatic N) is 2. The number of hydrogen-bond acceptors (Lipinski definition) is 3. The average molecular weight is 218 g/mol. The van der Waals surface area contributed by atoms with Gasteiger partial charge in [-0.3, -0.25) is 0 Å². The molecular weight excluding hydrogens is 204 g/mol. The molecule has 0 aromatic carbocycles. The molecule has 2 rings (SSSR count). The van der Waals surface area contributed by atoms with Crippen LogP contribution < -0.4 is 0 Å². The van der Waals surface area contributed by atoms with Crippen molar-refractivity contribution < 1.29 is 0 Å². The predicted octanol–water partition coefficient (Wildman–Crippen LogP) is 3.38. The van der Waals surface area contributed by atoms with Crippen LogP contribution in [0.2, 0.25) is 0 Å². The number of rotatable bonds is 2. The number of hydrogen-bond donors (Lipinski definition) is 0. The fraction of sp³-hybridized carbons (Fsp3) is 0.500. The van der Waals surface area contributed by atoms with Gasteiger partial charge in [-0.05, 0) is 25.0 Å². The van der Waals surface area contributed by atoms with Gasteiger partial charge in [-0.1, -0.05) is 19.3 Å². The SMILES string of the molecule is N#Cc1cccnc1SC1CCCCC1. The molecular formula is C12H14N2S. The molecule has 0 atom stereocenters. The lowest BCUT2D eigenvalue weighted by Gasteiger charge is -2.20. The zero-order valence-electron chi connectivity index (χ0n) is 8.65. The molecule has 0 amide bonds. The summed E-state index contributed by atoms with van der Waals surface area (Å²) in [5, 5.41) is 10.5. The van der Waals surface area contributed by atoms with Gasteiger partial charge in [0.1, 0.15) is 11.1 Å². The Kier molecular flexibility index (Phi) is 3.63. The summed E-state index contributed by atoms with van der Waals surface area (Å²) in [6.45, 7) is 0. The highest BCUT2D eigenvalue weighted by molar-refractivity contribution is 7.99. The molecule has 0 N–H and O–H groups in total. The van der Waals surface area contributed by atoms with E-state index in [0.717, 1.165) is 5.03 Å². The second kappa shape index (κ2) is 5.18. The number of thioether (sulfide) groups is 1. The van der Waals surface area contributed by atoms with Gasteiger partial charge in [-0.25, -0.2) is 4.98 Å². The van der Waals surface area contributed by atoms with Gasteiger partial charge in [-0.15, -0.1) is 11.8 Å². The van der Waals surface area contributed by atoms with Crippen molar-refractivity contribution in [3.63, 3.8) is 0 Å². The summed E-state index contributed by atoms with van der Waals surface area (Å²) in [5.74, 6) is 0. The maximum absolute atomic E-state index is 8.94. The quantitative estimate of drug-likeness (QED) is 0.763. The van der Waals surface area contributed by atoms with Crippen molar-refractivity contribution in [2.75, 3.05) is 0 Å². The first kappa shape index (κ1) is 10.5. The van der Waals surface area contributed by atoms with E-state index >= 15 is 0 Å². The Morgan fingerprint density at radius 1 is 1.33 bits per heavy atom. The van der Waals surface area contributed by atoms with E-state index in [1.54, 1.807) is 18.0 Å². The molecule has 1 aromatic rings. The van der Waals surface area contributed by atoms with Crippen molar-refractivity contribution in [1.82, 2.24) is 4.98 Å². The molecule has 1 aliphatic rings. The van der Waals surface area contributed by atoms with Crippen molar-refractivity contribution in [1.29, 1.82) is 5.26 Å². The Labute approximate surface area is 94.7 Å². The Balaban J connectivity index is 2.06. The molecule has 0 aliphatic heterocycles. The van der Waals surface area contributed by atoms with Crippen molar-refractivity contribution in [3.8, 4) is 6.07 Å². The van der Waals surface area contributed by atoms with E-state index in [0.29, 0.717) is 10.8 Å². The molecule has 1 heterocycles. The van der Waals surface area contributed by atoms with Crippen LogP contribution in [-0.4, -0.2) is 10.2 Å². The molecule has 0 radical (unpaired) electrons. The fourth-order valence-corrected chi connectivity index (χ4v) is 3.16. The first-order valence-electron chi connectivity index (χ1n) is 5.42. The van der Waals surface area contributed by atoms with E-state index < -0.39 is 0 Å². The minimum atomic E-state index is 0.667. The normalized spacial score (nSPS) is 17.3. The van der Waals surface area contributed by atoms with Gasteiger partial charge in [0.2, 0.25) is 0 Å². The molecule has 1 aliphatic carbocycles. The zero-order chi connectivity index (χ0) is 10.5. The molecule has 2 nitrogen and oxygen atoms in total. The van der Waals surface area contributed by atoms with Crippen molar-refractivity contribution in [2.24, 2.45) is 0 Å². The van der Waals surface area contributed by atoms with Crippen LogP contribution in [0.15, 0.2) is 23.4 Å². The van der Waals surface area contributed by atoms with Gasteiger partial charge in [0, 0.05) is 11.4 Å². The lowest BCUT2D eigenvalue weighted by molar-refractivity contribution is 0.515. The smallest absolute Gasteiger partial charge is 0.114 e. The predicted molar refractivity (Wildman–Crippen MR) is 61.7 cm³/mol. The average Bonchev–Trinajstić information content (AvgIpc) is 2.31. The highest BCUT2D eigenvalue weighted by atomic mass is 32.2. The van der Waals surface area contributed by atoms with Crippen molar-refractivity contribution in [2.45, 2.75) is 42.4 Å². The summed E-state index contributed by atoms with van der Waals surface area (Å²) in [4.78, 5) is 4.28. The highest BCUT2D eigenvalue weighted by Crippen LogP contribution is 2.33. The van der Waals surface area contributed by atoms with Gasteiger partial charge >= 0.3 is 0 Å². The van der Waals surface area contributed by atoms with Crippen molar-refractivity contribution >= 4 is 11.8 Å². The van der Waals surface area contributed by atoms with Gasteiger partial charge in [-0.2, -0.15) is 5.26 Å². The maximum Gasteiger partial charge on any atom is 0.114 e. The van der Waals surface area contributed by atoms with Crippen LogP contribution in [0.1, 0.15) is 37.7 Å². The van der Waals surface area contributed by atoms with E-state index in [-0.39, 0.29) is 0 Å². The maximum atomic E-state index is 8.94. The van der Waals surface area contributed by atoms with Crippen molar-refractivity contribution in [3.05, 3.63) is 23.9 Å². The topological polar surface area (TPSA) is 36.7 Å². The molecule has 0 bridgehead atoms. The van der Waals surface area contributed by atoms with E-state index in [2.05, 4.69) is 11.1 Å². The van der Waals surface area contributed by atoms with E-state index in [4.69, 9.17) is 5.26 Å². The molecule has 1 saturated carbocycles. The molecule has 78 valence electrons. The number of nitriles is 1. The molecule has 0 spiro atoms. The Hall–Kier alpha value is -1.01. The van der Waals surface area contributed by atoms with Crippen LogP contribution in [0, 0.1) is 11.3 Å². The minimum absolute atomic E-state index is 0.667. The largest absolute Gasteiger partial charge is 0.249 e. The summed E-state index contributed by atoms with van der Waals surface area (Å²) < 4.78 is 0. The first-order valence-corrected chi connectivity index (χ1v) is 6.30. The van der Waals surface area contributed by atoms with E-state index in [1.165, 1.54) is 32.1 Å². The standard InChI is InChI=1S/C12H14N2S/c13-9-10-5-4-8-14-12(10)15-11-6-2-1-3-7-11/h4-5,8,11H,1-3,6-7H2. The zero-order valence-corrected chi connectivity index (χ0v) is 9.46. The molecule has 3 heteroatoms. The van der Waals surface area contributed by atoms with Crippen LogP contribution in [0.5, 0.6) is 0 Å². The summed E-state index contributed by atoms with van der Waals surface area (Å²) in [5.41, 5.74) is 0.716. The highest BCUT2D eigenvalue weighted by Gasteiger charge is 2.16. The Morgan fingerprint density at radius 3 is 2.87 bits per heavy atom. The monoisotopic (exact) mass is 218 g/mol. The Morgan fingerprint density at radius 2 is 2.13 bits per heavy atom. The van der Waals surface area contributed by atoms with Crippen LogP contribution >= 0.6 is 11.8 Å². The van der Waals surface area contributed by atoms with E-state index in [9.17, 15) is 0 Å². The minimum Gasteiger partial charge on any atom is -0.249 e. The lowest BCUT2D eigenvalue weighted by atomic mass is 10.0. The van der Waals surface area contributed by atoms with Gasteiger partial charge in [0.15, 0.2) is 0 Å². The third kappa shape index (κ3) is 2.73. The third-order valence-electron chi connectivity index (χ3n) is 2.72. The fourth-order valence-electron chi connectivity index (χ4n) is 1.91. The van der Waals surface area contributed by atoms with Crippen LogP contribution in [0.25, 0.3) is 0 Å². The first-order chi connectivity index (χ1) is 7.40. The van der Waals surface area contributed by atoms with Crippen LogP contribution in [0.4, 0.5) is 0 Å². The van der Waals surface area contributed by atoms with Gasteiger partial charge in [0.25, 0.3) is 0 Å². The summed E-state index contributed by atoms with van der Waals surface area (Å²) in [6.07, 6.45) is 8.33. The molecule has 15 heavy (non-hydrogen) atoms. The molecule has 0 unspecified atom stereocenters. The molecule has 1 fully saturated rings. The second-order valence-corrected chi connectivity index (χ2v) is 5.13. The van der Waals surface area contributed by atoms with Gasteiger partial charge < -0.3 is 0 Å². The number of aromatic nitrogens is 1. The summed E-state index contributed by atoms with van der Waals surface area (Å²) in [7, 11) is 0. The number of pyridine rings is 1.